The predicted octanol–water partition coefficient (Wildman–Crippen LogP) is 6.52. The fourth-order valence-electron chi connectivity index (χ4n) is 2.96. The molecule has 0 spiro atoms. The van der Waals surface area contributed by atoms with E-state index in [1.807, 2.05) is 109 Å². The Bertz CT molecular complexity index is 1110. The van der Waals surface area contributed by atoms with Crippen LogP contribution in [0.2, 0.25) is 0 Å². The Balaban J connectivity index is 1.30. The van der Waals surface area contributed by atoms with Gasteiger partial charge in [0.1, 0.15) is 23.9 Å². The summed E-state index contributed by atoms with van der Waals surface area (Å²) >= 11 is 0. The van der Waals surface area contributed by atoms with Crippen molar-refractivity contribution in [3.63, 3.8) is 0 Å². The van der Waals surface area contributed by atoms with E-state index in [0.717, 1.165) is 34.2 Å². The summed E-state index contributed by atoms with van der Waals surface area (Å²) in [6.45, 7) is 0.497. The molecule has 0 amide bonds. The number of para-hydroxylation sites is 1. The summed E-state index contributed by atoms with van der Waals surface area (Å²) < 4.78 is 11.6. The molecule has 0 aliphatic rings. The molecule has 154 valence electrons. The molecule has 31 heavy (non-hydrogen) atoms. The molecular formula is C26H23N3O2. The molecule has 3 N–H and O–H groups in total. The number of nitrogens with one attached hydrogen (secondary N) is 3. The first-order valence-corrected chi connectivity index (χ1v) is 9.97. The number of guanidine groups is 1. The van der Waals surface area contributed by atoms with Crippen LogP contribution in [0.4, 0.5) is 11.4 Å². The molecule has 0 bridgehead atoms. The van der Waals surface area contributed by atoms with E-state index in [4.69, 9.17) is 14.9 Å². The van der Waals surface area contributed by atoms with Crippen molar-refractivity contribution in [2.24, 2.45) is 0 Å². The first kappa shape index (κ1) is 20.0. The van der Waals surface area contributed by atoms with Gasteiger partial charge >= 0.3 is 0 Å². The second-order valence-corrected chi connectivity index (χ2v) is 6.87. The second-order valence-electron chi connectivity index (χ2n) is 6.87. The fraction of sp³-hybridized carbons (Fsp3) is 0.0385. The quantitative estimate of drug-likeness (QED) is 0.240. The molecule has 4 rings (SSSR count). The highest BCUT2D eigenvalue weighted by Crippen LogP contribution is 2.23. The molecular weight excluding hydrogens is 386 g/mol. The van der Waals surface area contributed by atoms with E-state index in [9.17, 15) is 0 Å². The zero-order valence-corrected chi connectivity index (χ0v) is 16.9. The van der Waals surface area contributed by atoms with Crippen molar-refractivity contribution < 1.29 is 9.47 Å². The number of rotatable bonds is 7. The summed E-state index contributed by atoms with van der Waals surface area (Å²) in [6, 6.07) is 34.7. The van der Waals surface area contributed by atoms with E-state index in [1.54, 1.807) is 0 Å². The number of ether oxygens (including phenoxy) is 2. The summed E-state index contributed by atoms with van der Waals surface area (Å²) in [7, 11) is 0. The molecule has 0 aliphatic carbocycles. The second kappa shape index (κ2) is 9.98. The summed E-state index contributed by atoms with van der Waals surface area (Å²) in [5.41, 5.74) is 2.66. The van der Waals surface area contributed by atoms with Gasteiger partial charge in [0.25, 0.3) is 0 Å². The summed E-state index contributed by atoms with van der Waals surface area (Å²) in [4.78, 5) is 0. The molecule has 4 aromatic carbocycles. The molecule has 5 nitrogen and oxygen atoms in total. The van der Waals surface area contributed by atoms with Crippen LogP contribution in [0.1, 0.15) is 5.56 Å². The first-order valence-electron chi connectivity index (χ1n) is 9.97. The Morgan fingerprint density at radius 2 is 1.23 bits per heavy atom. The van der Waals surface area contributed by atoms with E-state index >= 15 is 0 Å². The van der Waals surface area contributed by atoms with Gasteiger partial charge in [-0.1, -0.05) is 54.6 Å². The third-order valence-corrected chi connectivity index (χ3v) is 4.45. The van der Waals surface area contributed by atoms with Crippen molar-refractivity contribution >= 4 is 17.3 Å². The monoisotopic (exact) mass is 409 g/mol. The fourth-order valence-corrected chi connectivity index (χ4v) is 2.96. The molecule has 0 radical (unpaired) electrons. The van der Waals surface area contributed by atoms with Crippen LogP contribution >= 0.6 is 0 Å². The maximum Gasteiger partial charge on any atom is 0.197 e. The number of benzene rings is 4. The lowest BCUT2D eigenvalue weighted by Gasteiger charge is -2.13. The largest absolute Gasteiger partial charge is 0.489 e. The number of hydrogen-bond acceptors (Lipinski definition) is 3. The van der Waals surface area contributed by atoms with E-state index in [0.29, 0.717) is 6.61 Å². The molecule has 0 aliphatic heterocycles. The highest BCUT2D eigenvalue weighted by Gasteiger charge is 2.03. The maximum atomic E-state index is 8.21. The van der Waals surface area contributed by atoms with Crippen molar-refractivity contribution in [3.8, 4) is 17.2 Å². The molecule has 0 atom stereocenters. The van der Waals surface area contributed by atoms with Crippen LogP contribution in [-0.4, -0.2) is 5.96 Å². The molecule has 0 saturated carbocycles. The third-order valence-electron chi connectivity index (χ3n) is 4.45. The Morgan fingerprint density at radius 1 is 0.613 bits per heavy atom. The minimum atomic E-state index is 0.164. The van der Waals surface area contributed by atoms with Gasteiger partial charge in [0.15, 0.2) is 5.96 Å². The number of anilines is 2. The molecule has 0 heterocycles. The van der Waals surface area contributed by atoms with Gasteiger partial charge in [-0.3, -0.25) is 5.41 Å². The summed E-state index contributed by atoms with van der Waals surface area (Å²) in [5, 5.41) is 14.3. The van der Waals surface area contributed by atoms with Crippen molar-refractivity contribution in [2.45, 2.75) is 6.61 Å². The molecule has 0 saturated heterocycles. The average Bonchev–Trinajstić information content (AvgIpc) is 2.81. The topological polar surface area (TPSA) is 66.4 Å². The van der Waals surface area contributed by atoms with Crippen LogP contribution in [-0.2, 0) is 6.61 Å². The molecule has 0 aromatic heterocycles. The SMILES string of the molecule is N=C(Nc1ccc(Oc2ccccc2)cc1)Nc1cccc(OCc2ccccc2)c1. The lowest BCUT2D eigenvalue weighted by atomic mass is 10.2. The van der Waals surface area contributed by atoms with Crippen LogP contribution in [0.25, 0.3) is 0 Å². The van der Waals surface area contributed by atoms with E-state index < -0.39 is 0 Å². The van der Waals surface area contributed by atoms with E-state index in [-0.39, 0.29) is 5.96 Å². The Hall–Kier alpha value is -4.25. The molecule has 0 unspecified atom stereocenters. The van der Waals surface area contributed by atoms with Crippen LogP contribution in [0.15, 0.2) is 109 Å². The van der Waals surface area contributed by atoms with Crippen molar-refractivity contribution in [1.29, 1.82) is 5.41 Å². The van der Waals surface area contributed by atoms with Gasteiger partial charge in [0.2, 0.25) is 0 Å². The van der Waals surface area contributed by atoms with Gasteiger partial charge < -0.3 is 20.1 Å². The molecule has 5 heteroatoms. The van der Waals surface area contributed by atoms with Crippen LogP contribution in [0.5, 0.6) is 17.2 Å². The van der Waals surface area contributed by atoms with Gasteiger partial charge in [0.05, 0.1) is 0 Å². The van der Waals surface area contributed by atoms with Crippen LogP contribution in [0.3, 0.4) is 0 Å². The highest BCUT2D eigenvalue weighted by atomic mass is 16.5. The van der Waals surface area contributed by atoms with Gasteiger partial charge in [-0.05, 0) is 54.1 Å². The van der Waals surface area contributed by atoms with Crippen LogP contribution in [0, 0.1) is 5.41 Å². The predicted molar refractivity (Wildman–Crippen MR) is 125 cm³/mol. The maximum absolute atomic E-state index is 8.21. The van der Waals surface area contributed by atoms with Crippen LogP contribution < -0.4 is 20.1 Å². The average molecular weight is 409 g/mol. The summed E-state index contributed by atoms with van der Waals surface area (Å²) in [6.07, 6.45) is 0. The van der Waals surface area contributed by atoms with Gasteiger partial charge in [0, 0.05) is 17.4 Å². The van der Waals surface area contributed by atoms with E-state index in [1.165, 1.54) is 0 Å². The summed E-state index contributed by atoms with van der Waals surface area (Å²) in [5.74, 6) is 2.42. The van der Waals surface area contributed by atoms with Gasteiger partial charge in [-0.25, -0.2) is 0 Å². The lowest BCUT2D eigenvalue weighted by Crippen LogP contribution is -2.20. The normalized spacial score (nSPS) is 10.2. The first-order chi connectivity index (χ1) is 15.2. The Kier molecular flexibility index (Phi) is 6.45. The Labute approximate surface area is 181 Å². The van der Waals surface area contributed by atoms with Crippen molar-refractivity contribution in [2.75, 3.05) is 10.6 Å². The van der Waals surface area contributed by atoms with Crippen molar-refractivity contribution in [1.82, 2.24) is 0 Å². The number of hydrogen-bond donors (Lipinski definition) is 3. The van der Waals surface area contributed by atoms with Gasteiger partial charge in [-0.15, -0.1) is 0 Å². The molecule has 0 fully saturated rings. The lowest BCUT2D eigenvalue weighted by molar-refractivity contribution is 0.306. The van der Waals surface area contributed by atoms with E-state index in [2.05, 4.69) is 10.6 Å². The molecule has 4 aromatic rings. The highest BCUT2D eigenvalue weighted by molar-refractivity contribution is 6.01. The minimum absolute atomic E-state index is 0.164. The minimum Gasteiger partial charge on any atom is -0.489 e. The van der Waals surface area contributed by atoms with Crippen molar-refractivity contribution in [3.05, 3.63) is 115 Å². The smallest absolute Gasteiger partial charge is 0.197 e. The zero-order valence-electron chi connectivity index (χ0n) is 16.9. The zero-order chi connectivity index (χ0) is 21.3. The standard InChI is InChI=1S/C26H23N3O2/c27-26(28-21-14-16-24(17-15-21)31-23-11-5-2-6-12-23)29-22-10-7-13-25(18-22)30-19-20-8-3-1-4-9-20/h1-18H,19H2,(H3,27,28,29). The van der Waals surface area contributed by atoms with Gasteiger partial charge in [-0.2, -0.15) is 0 Å². The Morgan fingerprint density at radius 3 is 1.97 bits per heavy atom. The third kappa shape index (κ3) is 6.11.